The zero-order chi connectivity index (χ0) is 13.7. The topological polar surface area (TPSA) is 38.3 Å². The monoisotopic (exact) mass is 239 g/mol. The van der Waals surface area contributed by atoms with Gasteiger partial charge in [0.05, 0.1) is 6.61 Å². The van der Waals surface area contributed by atoms with Crippen molar-refractivity contribution in [3.63, 3.8) is 0 Å². The Kier molecular flexibility index (Phi) is 13.2. The summed E-state index contributed by atoms with van der Waals surface area (Å²) >= 11 is 0. The van der Waals surface area contributed by atoms with E-state index in [2.05, 4.69) is 25.7 Å². The molecule has 3 heteroatoms. The van der Waals surface area contributed by atoms with Crippen molar-refractivity contribution in [3.8, 4) is 0 Å². The van der Waals surface area contributed by atoms with Gasteiger partial charge in [-0.2, -0.15) is 0 Å². The lowest BCUT2D eigenvalue weighted by atomic mass is 10.2. The second-order valence-corrected chi connectivity index (χ2v) is 3.27. The molecule has 0 aliphatic rings. The summed E-state index contributed by atoms with van der Waals surface area (Å²) in [5.74, 6) is 0.547. The molecule has 0 radical (unpaired) electrons. The minimum Gasteiger partial charge on any atom is -0.494 e. The molecule has 0 saturated carbocycles. The standard InChI is InChI=1S/C11H17NO2.C3H8/c1-5-10(14-6-2)8-7-9(3)11(13)12-4;1-3-2/h5,7-8H,3,6H2,1-2,4H3,(H,12,13);3H2,1-2H3/b8-7-,10-5+;. The zero-order valence-electron chi connectivity index (χ0n) is 11.7. The van der Waals surface area contributed by atoms with Crippen molar-refractivity contribution in [1.29, 1.82) is 0 Å². The van der Waals surface area contributed by atoms with E-state index in [9.17, 15) is 4.79 Å². The van der Waals surface area contributed by atoms with Crippen molar-refractivity contribution < 1.29 is 9.53 Å². The van der Waals surface area contributed by atoms with Crippen molar-refractivity contribution >= 4 is 5.91 Å². The SMILES string of the molecule is C=C(/C=C\C(=C/C)OCC)C(=O)NC.CCC. The van der Waals surface area contributed by atoms with Crippen LogP contribution in [-0.4, -0.2) is 19.6 Å². The molecule has 1 amide bonds. The number of ether oxygens (including phenoxy) is 1. The molecule has 0 aromatic rings. The predicted octanol–water partition coefficient (Wildman–Crippen LogP) is 3.20. The lowest BCUT2D eigenvalue weighted by Crippen LogP contribution is -2.18. The minimum atomic E-state index is -0.187. The largest absolute Gasteiger partial charge is 0.494 e. The number of likely N-dealkylation sites (N-methyl/N-ethyl adjacent to an activating group) is 1. The molecule has 0 aromatic carbocycles. The van der Waals surface area contributed by atoms with Gasteiger partial charge in [-0.05, 0) is 32.1 Å². The van der Waals surface area contributed by atoms with Gasteiger partial charge in [-0.1, -0.05) is 26.8 Å². The molecular weight excluding hydrogens is 214 g/mol. The molecule has 0 rings (SSSR count). The van der Waals surface area contributed by atoms with Gasteiger partial charge in [0.15, 0.2) is 0 Å². The Morgan fingerprint density at radius 3 is 2.18 bits per heavy atom. The van der Waals surface area contributed by atoms with E-state index in [0.717, 1.165) is 5.76 Å². The van der Waals surface area contributed by atoms with Gasteiger partial charge in [-0.3, -0.25) is 4.79 Å². The van der Waals surface area contributed by atoms with Crippen LogP contribution in [0.2, 0.25) is 0 Å². The number of hydrogen-bond donors (Lipinski definition) is 1. The first-order valence-electron chi connectivity index (χ1n) is 5.95. The molecule has 0 aromatic heterocycles. The van der Waals surface area contributed by atoms with E-state index >= 15 is 0 Å². The van der Waals surface area contributed by atoms with Gasteiger partial charge in [0.1, 0.15) is 5.76 Å². The summed E-state index contributed by atoms with van der Waals surface area (Å²) in [6, 6.07) is 0. The molecule has 0 spiro atoms. The van der Waals surface area contributed by atoms with Gasteiger partial charge in [-0.15, -0.1) is 0 Å². The van der Waals surface area contributed by atoms with Crippen LogP contribution in [0.4, 0.5) is 0 Å². The molecule has 0 aliphatic heterocycles. The van der Waals surface area contributed by atoms with Crippen LogP contribution in [0.15, 0.2) is 36.1 Å². The molecule has 17 heavy (non-hydrogen) atoms. The summed E-state index contributed by atoms with van der Waals surface area (Å²) in [5, 5.41) is 2.49. The summed E-state index contributed by atoms with van der Waals surface area (Å²) in [7, 11) is 1.57. The lowest BCUT2D eigenvalue weighted by Gasteiger charge is -2.02. The molecule has 0 saturated heterocycles. The first kappa shape index (κ1) is 17.9. The second kappa shape index (κ2) is 12.6. The summed E-state index contributed by atoms with van der Waals surface area (Å²) in [6.45, 7) is 12.2. The summed E-state index contributed by atoms with van der Waals surface area (Å²) in [5.41, 5.74) is 0.409. The van der Waals surface area contributed by atoms with Crippen molar-refractivity contribution in [3.05, 3.63) is 36.1 Å². The highest BCUT2D eigenvalue weighted by atomic mass is 16.5. The van der Waals surface area contributed by atoms with Crippen molar-refractivity contribution in [2.75, 3.05) is 13.7 Å². The van der Waals surface area contributed by atoms with Crippen LogP contribution in [0.25, 0.3) is 0 Å². The molecule has 0 bridgehead atoms. The van der Waals surface area contributed by atoms with E-state index in [1.165, 1.54) is 6.42 Å². The molecule has 0 heterocycles. The normalized spacial score (nSPS) is 10.5. The Morgan fingerprint density at radius 1 is 1.29 bits per heavy atom. The van der Waals surface area contributed by atoms with Gasteiger partial charge in [0.25, 0.3) is 0 Å². The number of carbonyl (C=O) groups is 1. The fraction of sp³-hybridized carbons (Fsp3) is 0.500. The Labute approximate surface area is 105 Å². The smallest absolute Gasteiger partial charge is 0.250 e. The average molecular weight is 239 g/mol. The zero-order valence-corrected chi connectivity index (χ0v) is 11.7. The maximum Gasteiger partial charge on any atom is 0.250 e. The van der Waals surface area contributed by atoms with Crippen LogP contribution in [0.3, 0.4) is 0 Å². The van der Waals surface area contributed by atoms with Crippen LogP contribution >= 0.6 is 0 Å². The maximum absolute atomic E-state index is 11.0. The van der Waals surface area contributed by atoms with E-state index in [0.29, 0.717) is 12.2 Å². The summed E-state index contributed by atoms with van der Waals surface area (Å²) in [6.07, 6.45) is 6.43. The van der Waals surface area contributed by atoms with E-state index in [-0.39, 0.29) is 5.91 Å². The van der Waals surface area contributed by atoms with Crippen LogP contribution < -0.4 is 5.32 Å². The second-order valence-electron chi connectivity index (χ2n) is 3.27. The molecule has 0 unspecified atom stereocenters. The summed E-state index contributed by atoms with van der Waals surface area (Å²) < 4.78 is 5.26. The Bertz CT molecular complexity index is 274. The van der Waals surface area contributed by atoms with E-state index < -0.39 is 0 Å². The van der Waals surface area contributed by atoms with Crippen LogP contribution in [0.5, 0.6) is 0 Å². The Hall–Kier alpha value is -1.51. The molecule has 98 valence electrons. The van der Waals surface area contributed by atoms with Gasteiger partial charge in [0, 0.05) is 12.6 Å². The molecule has 0 aliphatic carbocycles. The summed E-state index contributed by atoms with van der Waals surface area (Å²) in [4.78, 5) is 11.0. The Balaban J connectivity index is 0. The predicted molar refractivity (Wildman–Crippen MR) is 73.7 cm³/mol. The third-order valence-corrected chi connectivity index (χ3v) is 1.56. The van der Waals surface area contributed by atoms with Crippen LogP contribution in [0.1, 0.15) is 34.1 Å². The molecular formula is C14H25NO2. The number of carbonyl (C=O) groups excluding carboxylic acids is 1. The molecule has 0 fully saturated rings. The number of nitrogens with one attached hydrogen (secondary N) is 1. The van der Waals surface area contributed by atoms with Gasteiger partial charge in [-0.25, -0.2) is 0 Å². The maximum atomic E-state index is 11.0. The quantitative estimate of drug-likeness (QED) is 0.454. The Morgan fingerprint density at radius 2 is 1.82 bits per heavy atom. The number of allylic oxidation sites excluding steroid dienone is 2. The molecule has 0 atom stereocenters. The highest BCUT2D eigenvalue weighted by Gasteiger charge is 1.99. The highest BCUT2D eigenvalue weighted by Crippen LogP contribution is 2.02. The van der Waals surface area contributed by atoms with E-state index in [1.807, 2.05) is 19.9 Å². The fourth-order valence-electron chi connectivity index (χ4n) is 0.813. The van der Waals surface area contributed by atoms with E-state index in [1.54, 1.807) is 19.2 Å². The van der Waals surface area contributed by atoms with E-state index in [4.69, 9.17) is 4.74 Å². The highest BCUT2D eigenvalue weighted by molar-refractivity contribution is 5.95. The number of rotatable bonds is 5. The third kappa shape index (κ3) is 10.8. The van der Waals surface area contributed by atoms with Crippen LogP contribution in [-0.2, 0) is 9.53 Å². The van der Waals surface area contributed by atoms with Crippen molar-refractivity contribution in [1.82, 2.24) is 5.32 Å². The van der Waals surface area contributed by atoms with Gasteiger partial charge >= 0.3 is 0 Å². The third-order valence-electron chi connectivity index (χ3n) is 1.56. The lowest BCUT2D eigenvalue weighted by molar-refractivity contribution is -0.116. The molecule has 1 N–H and O–H groups in total. The van der Waals surface area contributed by atoms with Crippen molar-refractivity contribution in [2.24, 2.45) is 0 Å². The number of amides is 1. The molecule has 3 nitrogen and oxygen atoms in total. The number of hydrogen-bond acceptors (Lipinski definition) is 2. The van der Waals surface area contributed by atoms with Crippen LogP contribution in [0, 0.1) is 0 Å². The van der Waals surface area contributed by atoms with Gasteiger partial charge < -0.3 is 10.1 Å². The van der Waals surface area contributed by atoms with Crippen molar-refractivity contribution in [2.45, 2.75) is 34.1 Å². The van der Waals surface area contributed by atoms with Gasteiger partial charge in [0.2, 0.25) is 5.91 Å². The average Bonchev–Trinajstić information content (AvgIpc) is 2.33. The minimum absolute atomic E-state index is 0.187. The first-order valence-corrected chi connectivity index (χ1v) is 5.95. The first-order chi connectivity index (χ1) is 8.06. The fourth-order valence-corrected chi connectivity index (χ4v) is 0.813.